The van der Waals surface area contributed by atoms with Crippen molar-refractivity contribution < 1.29 is 14.3 Å². The van der Waals surface area contributed by atoms with Gasteiger partial charge in [0, 0.05) is 24.5 Å². The van der Waals surface area contributed by atoms with E-state index in [2.05, 4.69) is 5.32 Å². The van der Waals surface area contributed by atoms with E-state index in [1.165, 1.54) is 7.11 Å². The summed E-state index contributed by atoms with van der Waals surface area (Å²) >= 11 is 6.01. The van der Waals surface area contributed by atoms with Gasteiger partial charge in [0.05, 0.1) is 18.7 Å². The molecule has 1 fully saturated rings. The van der Waals surface area contributed by atoms with Crippen molar-refractivity contribution in [3.63, 3.8) is 0 Å². The van der Waals surface area contributed by atoms with Crippen LogP contribution in [0.4, 0.5) is 5.69 Å². The first kappa shape index (κ1) is 20.5. The van der Waals surface area contributed by atoms with Crippen LogP contribution in [0.15, 0.2) is 18.2 Å². The summed E-state index contributed by atoms with van der Waals surface area (Å²) in [5, 5.41) is 3.38. The third-order valence-corrected chi connectivity index (χ3v) is 4.09. The van der Waals surface area contributed by atoms with Crippen molar-refractivity contribution in [2.75, 3.05) is 31.6 Å². The molecule has 0 radical (unpaired) electrons. The first-order chi connectivity index (χ1) is 11.1. The van der Waals surface area contributed by atoms with Gasteiger partial charge < -0.3 is 20.7 Å². The topological polar surface area (TPSA) is 84.7 Å². The average Bonchev–Trinajstić information content (AvgIpc) is 2.93. The summed E-state index contributed by atoms with van der Waals surface area (Å²) in [6.07, 6.45) is 1.91. The van der Waals surface area contributed by atoms with E-state index < -0.39 is 0 Å². The number of anilines is 1. The zero-order valence-electron chi connectivity index (χ0n) is 13.6. The molecule has 8 heteroatoms. The van der Waals surface area contributed by atoms with E-state index in [9.17, 15) is 9.59 Å². The van der Waals surface area contributed by atoms with E-state index in [0.29, 0.717) is 36.1 Å². The number of benzene rings is 1. The number of carbonyl (C=O) groups is 2. The van der Waals surface area contributed by atoms with Gasteiger partial charge in [-0.05, 0) is 37.6 Å². The number of methoxy groups -OCH3 is 1. The van der Waals surface area contributed by atoms with Crippen molar-refractivity contribution in [1.82, 2.24) is 5.32 Å². The number of unbranched alkanes of at least 4 members (excludes halogenated alkanes) is 1. The molecule has 1 saturated heterocycles. The molecule has 2 rings (SSSR count). The molecule has 1 unspecified atom stereocenters. The fourth-order valence-electron chi connectivity index (χ4n) is 2.62. The molecule has 0 aromatic heterocycles. The first-order valence-electron chi connectivity index (χ1n) is 7.68. The van der Waals surface area contributed by atoms with Gasteiger partial charge in [-0.3, -0.25) is 9.59 Å². The Hall–Kier alpha value is -1.50. The van der Waals surface area contributed by atoms with Gasteiger partial charge in [-0.25, -0.2) is 0 Å². The lowest BCUT2D eigenvalue weighted by Gasteiger charge is -2.19. The van der Waals surface area contributed by atoms with Crippen LogP contribution in [0, 0.1) is 5.92 Å². The lowest BCUT2D eigenvalue weighted by atomic mass is 10.1. The predicted octanol–water partition coefficient (Wildman–Crippen LogP) is 1.98. The monoisotopic (exact) mass is 375 g/mol. The van der Waals surface area contributed by atoms with Gasteiger partial charge in [-0.1, -0.05) is 11.6 Å². The molecule has 0 saturated carbocycles. The molecule has 24 heavy (non-hydrogen) atoms. The molecule has 6 nitrogen and oxygen atoms in total. The maximum absolute atomic E-state index is 12.3. The summed E-state index contributed by atoms with van der Waals surface area (Å²) in [5.41, 5.74) is 6.02. The van der Waals surface area contributed by atoms with Crippen LogP contribution in [0.2, 0.25) is 5.02 Å². The van der Waals surface area contributed by atoms with E-state index in [1.807, 2.05) is 0 Å². The molecule has 1 aliphatic rings. The number of amides is 2. The van der Waals surface area contributed by atoms with Gasteiger partial charge in [-0.2, -0.15) is 0 Å². The van der Waals surface area contributed by atoms with E-state index in [-0.39, 0.29) is 36.6 Å². The van der Waals surface area contributed by atoms with E-state index >= 15 is 0 Å². The summed E-state index contributed by atoms with van der Waals surface area (Å²) in [5.74, 6) is 0.00218. The molecule has 134 valence electrons. The second-order valence-corrected chi connectivity index (χ2v) is 5.94. The normalized spacial score (nSPS) is 16.7. The highest BCUT2D eigenvalue weighted by molar-refractivity contribution is 6.31. The minimum absolute atomic E-state index is 0. The lowest BCUT2D eigenvalue weighted by molar-refractivity contribution is -0.126. The number of hydrogen-bond donors (Lipinski definition) is 2. The molecule has 0 spiro atoms. The number of hydrogen-bond acceptors (Lipinski definition) is 4. The van der Waals surface area contributed by atoms with Gasteiger partial charge >= 0.3 is 0 Å². The van der Waals surface area contributed by atoms with Gasteiger partial charge in [0.1, 0.15) is 5.75 Å². The molecule has 1 heterocycles. The van der Waals surface area contributed by atoms with Crippen molar-refractivity contribution in [3.05, 3.63) is 23.2 Å². The summed E-state index contributed by atoms with van der Waals surface area (Å²) < 4.78 is 5.28. The van der Waals surface area contributed by atoms with Crippen LogP contribution in [0.25, 0.3) is 0 Å². The summed E-state index contributed by atoms with van der Waals surface area (Å²) in [6, 6.07) is 5.09. The second kappa shape index (κ2) is 9.71. The Balaban J connectivity index is 0.00000288. The number of halogens is 2. The van der Waals surface area contributed by atoms with E-state index in [4.69, 9.17) is 22.1 Å². The Morgan fingerprint density at radius 3 is 2.88 bits per heavy atom. The largest absolute Gasteiger partial charge is 0.495 e. The number of rotatable bonds is 7. The Labute approximate surface area is 153 Å². The van der Waals surface area contributed by atoms with E-state index in [1.54, 1.807) is 23.1 Å². The van der Waals surface area contributed by atoms with Crippen molar-refractivity contribution in [2.45, 2.75) is 19.3 Å². The fourth-order valence-corrected chi connectivity index (χ4v) is 2.78. The van der Waals surface area contributed by atoms with Crippen LogP contribution in [0.3, 0.4) is 0 Å². The van der Waals surface area contributed by atoms with Gasteiger partial charge in [0.2, 0.25) is 11.8 Å². The standard InChI is InChI=1S/C16H22ClN3O3.ClH/c1-23-14-5-4-12(17)9-13(14)20-10-11(8-15(20)21)16(22)19-7-3-2-6-18;/h4-5,9,11H,2-3,6-8,10,18H2,1H3,(H,19,22);1H. The maximum Gasteiger partial charge on any atom is 0.227 e. The molecular weight excluding hydrogens is 353 g/mol. The Morgan fingerprint density at radius 2 is 2.21 bits per heavy atom. The summed E-state index contributed by atoms with van der Waals surface area (Å²) in [6.45, 7) is 1.53. The van der Waals surface area contributed by atoms with Crippen LogP contribution >= 0.6 is 24.0 Å². The molecule has 3 N–H and O–H groups in total. The van der Waals surface area contributed by atoms with Crippen LogP contribution < -0.4 is 20.7 Å². The number of nitrogens with two attached hydrogens (primary N) is 1. The Kier molecular flexibility index (Phi) is 8.31. The minimum atomic E-state index is -0.357. The van der Waals surface area contributed by atoms with Crippen LogP contribution in [-0.2, 0) is 9.59 Å². The Morgan fingerprint density at radius 1 is 1.46 bits per heavy atom. The highest BCUT2D eigenvalue weighted by Gasteiger charge is 2.36. The Bertz CT molecular complexity index is 584. The third kappa shape index (κ3) is 5.00. The zero-order valence-corrected chi connectivity index (χ0v) is 15.2. The van der Waals surface area contributed by atoms with Gasteiger partial charge in [0.25, 0.3) is 0 Å². The van der Waals surface area contributed by atoms with Crippen LogP contribution in [-0.4, -0.2) is 38.6 Å². The molecule has 1 aromatic carbocycles. The van der Waals surface area contributed by atoms with Crippen LogP contribution in [0.1, 0.15) is 19.3 Å². The molecule has 1 atom stereocenters. The quantitative estimate of drug-likeness (QED) is 0.713. The maximum atomic E-state index is 12.3. The van der Waals surface area contributed by atoms with Crippen molar-refractivity contribution >= 4 is 41.5 Å². The average molecular weight is 376 g/mol. The minimum Gasteiger partial charge on any atom is -0.495 e. The molecule has 0 bridgehead atoms. The van der Waals surface area contributed by atoms with Crippen molar-refractivity contribution in [2.24, 2.45) is 11.7 Å². The first-order valence-corrected chi connectivity index (χ1v) is 8.06. The van der Waals surface area contributed by atoms with Gasteiger partial charge in [0.15, 0.2) is 0 Å². The van der Waals surface area contributed by atoms with E-state index in [0.717, 1.165) is 12.8 Å². The third-order valence-electron chi connectivity index (χ3n) is 3.86. The summed E-state index contributed by atoms with van der Waals surface area (Å²) in [7, 11) is 1.54. The smallest absolute Gasteiger partial charge is 0.227 e. The molecule has 2 amide bonds. The lowest BCUT2D eigenvalue weighted by Crippen LogP contribution is -2.33. The predicted molar refractivity (Wildman–Crippen MR) is 97.0 cm³/mol. The molecule has 1 aliphatic heterocycles. The molecular formula is C16H23Cl2N3O3. The highest BCUT2D eigenvalue weighted by Crippen LogP contribution is 2.35. The van der Waals surface area contributed by atoms with Gasteiger partial charge in [-0.15, -0.1) is 12.4 Å². The molecule has 0 aliphatic carbocycles. The van der Waals surface area contributed by atoms with Crippen molar-refractivity contribution in [3.8, 4) is 5.75 Å². The fraction of sp³-hybridized carbons (Fsp3) is 0.500. The number of carbonyl (C=O) groups excluding carboxylic acids is 2. The SMILES string of the molecule is COc1ccc(Cl)cc1N1CC(C(=O)NCCCCN)CC1=O.Cl. The highest BCUT2D eigenvalue weighted by atomic mass is 35.5. The number of nitrogens with one attached hydrogen (secondary N) is 1. The second-order valence-electron chi connectivity index (χ2n) is 5.51. The molecule has 1 aromatic rings. The van der Waals surface area contributed by atoms with Crippen LogP contribution in [0.5, 0.6) is 5.75 Å². The van der Waals surface area contributed by atoms with Crippen molar-refractivity contribution in [1.29, 1.82) is 0 Å². The summed E-state index contributed by atoms with van der Waals surface area (Å²) in [4.78, 5) is 26.0. The number of nitrogens with zero attached hydrogens (tertiary/aromatic N) is 1. The number of ether oxygens (including phenoxy) is 1. The zero-order chi connectivity index (χ0) is 16.8.